The molecular weight excluding hydrogens is 418 g/mol. The number of hydrogen-bond acceptors (Lipinski definition) is 5. The van der Waals surface area contributed by atoms with Crippen molar-refractivity contribution in [2.75, 3.05) is 31.4 Å². The van der Waals surface area contributed by atoms with Gasteiger partial charge in [0.1, 0.15) is 16.0 Å². The second kappa shape index (κ2) is 7.52. The molecule has 0 saturated carbocycles. The third-order valence-electron chi connectivity index (χ3n) is 4.45. The van der Waals surface area contributed by atoms with Gasteiger partial charge in [0.25, 0.3) is 0 Å². The molecule has 0 saturated heterocycles. The number of halogens is 1. The zero-order valence-electron chi connectivity index (χ0n) is 15.8. The zero-order valence-corrected chi connectivity index (χ0v) is 17.4. The Kier molecular flexibility index (Phi) is 4.92. The molecule has 0 unspecified atom stereocenters. The molecule has 142 valence electrons. The number of aromatic nitrogens is 3. The number of nitrogens with zero attached hydrogens (tertiary/aromatic N) is 4. The molecule has 1 N–H and O–H groups in total. The van der Waals surface area contributed by atoms with E-state index in [4.69, 9.17) is 9.72 Å². The highest BCUT2D eigenvalue weighted by atomic mass is 79.9. The van der Waals surface area contributed by atoms with Gasteiger partial charge in [-0.15, -0.1) is 0 Å². The molecule has 2 aromatic carbocycles. The summed E-state index contributed by atoms with van der Waals surface area (Å²) in [6, 6.07) is 16.0. The summed E-state index contributed by atoms with van der Waals surface area (Å²) in [4.78, 5) is 11.4. The van der Waals surface area contributed by atoms with E-state index in [-0.39, 0.29) is 0 Å². The third kappa shape index (κ3) is 3.41. The molecule has 0 spiro atoms. The highest BCUT2D eigenvalue weighted by Crippen LogP contribution is 2.33. The Hall–Kier alpha value is -3.06. The Morgan fingerprint density at radius 1 is 1.11 bits per heavy atom. The monoisotopic (exact) mass is 437 g/mol. The molecule has 0 amide bonds. The number of hydrogen-bond donors (Lipinski definition) is 1. The molecule has 0 atom stereocenters. The summed E-state index contributed by atoms with van der Waals surface area (Å²) >= 11 is 3.68. The second-order valence-corrected chi connectivity index (χ2v) is 7.27. The molecule has 0 radical (unpaired) electrons. The predicted octanol–water partition coefficient (Wildman–Crippen LogP) is 4.98. The Morgan fingerprint density at radius 2 is 1.93 bits per heavy atom. The fraction of sp³-hybridized carbons (Fsp3) is 0.143. The molecule has 7 heteroatoms. The number of anilines is 3. The van der Waals surface area contributed by atoms with E-state index in [2.05, 4.69) is 43.3 Å². The minimum atomic E-state index is 0.688. The molecule has 0 bridgehead atoms. The van der Waals surface area contributed by atoms with Crippen LogP contribution in [0.3, 0.4) is 0 Å². The number of imidazole rings is 1. The van der Waals surface area contributed by atoms with Gasteiger partial charge in [0.15, 0.2) is 11.5 Å². The van der Waals surface area contributed by atoms with Gasteiger partial charge in [0.2, 0.25) is 0 Å². The SMILES string of the molecule is COc1cccc(-c2nc3c(Nc4cccc(N(C)C)c4)nccn3c2Br)c1. The van der Waals surface area contributed by atoms with Crippen molar-refractivity contribution >= 4 is 38.8 Å². The smallest absolute Gasteiger partial charge is 0.181 e. The van der Waals surface area contributed by atoms with Gasteiger partial charge >= 0.3 is 0 Å². The first-order valence-electron chi connectivity index (χ1n) is 8.78. The van der Waals surface area contributed by atoms with Gasteiger partial charge in [-0.3, -0.25) is 4.40 Å². The maximum Gasteiger partial charge on any atom is 0.181 e. The fourth-order valence-electron chi connectivity index (χ4n) is 2.99. The summed E-state index contributed by atoms with van der Waals surface area (Å²) in [7, 11) is 5.69. The van der Waals surface area contributed by atoms with Crippen LogP contribution in [-0.2, 0) is 0 Å². The van der Waals surface area contributed by atoms with Crippen LogP contribution in [0.2, 0.25) is 0 Å². The summed E-state index contributed by atoms with van der Waals surface area (Å²) < 4.78 is 8.18. The van der Waals surface area contributed by atoms with E-state index < -0.39 is 0 Å². The number of rotatable bonds is 5. The van der Waals surface area contributed by atoms with E-state index in [1.807, 2.05) is 61.1 Å². The van der Waals surface area contributed by atoms with E-state index in [1.54, 1.807) is 13.3 Å². The van der Waals surface area contributed by atoms with Gasteiger partial charge in [-0.05, 0) is 46.3 Å². The van der Waals surface area contributed by atoms with Crippen molar-refractivity contribution in [1.29, 1.82) is 0 Å². The number of ether oxygens (including phenoxy) is 1. The number of fused-ring (bicyclic) bond motifs is 1. The van der Waals surface area contributed by atoms with E-state index in [9.17, 15) is 0 Å². The van der Waals surface area contributed by atoms with Crippen LogP contribution in [0.5, 0.6) is 5.75 Å². The van der Waals surface area contributed by atoms with Crippen LogP contribution in [0.4, 0.5) is 17.2 Å². The lowest BCUT2D eigenvalue weighted by molar-refractivity contribution is 0.415. The quantitative estimate of drug-likeness (QED) is 0.477. The van der Waals surface area contributed by atoms with Gasteiger partial charge in [-0.2, -0.15) is 0 Å². The Balaban J connectivity index is 1.78. The summed E-state index contributed by atoms with van der Waals surface area (Å²) in [6.07, 6.45) is 3.64. The highest BCUT2D eigenvalue weighted by molar-refractivity contribution is 9.10. The van der Waals surface area contributed by atoms with Crippen LogP contribution < -0.4 is 15.0 Å². The van der Waals surface area contributed by atoms with Crippen molar-refractivity contribution in [3.8, 4) is 17.0 Å². The van der Waals surface area contributed by atoms with Crippen molar-refractivity contribution < 1.29 is 4.74 Å². The molecule has 0 aliphatic carbocycles. The van der Waals surface area contributed by atoms with Crippen molar-refractivity contribution in [3.05, 3.63) is 65.5 Å². The number of methoxy groups -OCH3 is 1. The maximum atomic E-state index is 5.34. The molecule has 0 aliphatic rings. The first-order chi connectivity index (χ1) is 13.6. The standard InChI is InChI=1S/C21H20BrN5O/c1-26(2)16-8-5-7-15(13-16)24-20-21-25-18(19(22)27(21)11-10-23-20)14-6-4-9-17(12-14)28-3/h4-13H,1-3H3,(H,23,24). The largest absolute Gasteiger partial charge is 0.497 e. The van der Waals surface area contributed by atoms with E-state index in [0.717, 1.165) is 38.6 Å². The summed E-state index contributed by atoms with van der Waals surface area (Å²) in [6.45, 7) is 0. The zero-order chi connectivity index (χ0) is 19.7. The molecule has 2 aromatic heterocycles. The number of nitrogens with one attached hydrogen (secondary N) is 1. The normalized spacial score (nSPS) is 10.9. The first kappa shape index (κ1) is 18.3. The maximum absolute atomic E-state index is 5.34. The summed E-state index contributed by atoms with van der Waals surface area (Å²) in [5, 5.41) is 3.39. The van der Waals surface area contributed by atoms with E-state index in [1.165, 1.54) is 0 Å². The van der Waals surface area contributed by atoms with Gasteiger partial charge < -0.3 is 15.0 Å². The van der Waals surface area contributed by atoms with Crippen LogP contribution in [-0.4, -0.2) is 35.6 Å². The lowest BCUT2D eigenvalue weighted by atomic mass is 10.1. The molecule has 28 heavy (non-hydrogen) atoms. The Labute approximate surface area is 171 Å². The van der Waals surface area contributed by atoms with Crippen molar-refractivity contribution in [1.82, 2.24) is 14.4 Å². The Morgan fingerprint density at radius 3 is 2.71 bits per heavy atom. The third-order valence-corrected chi connectivity index (χ3v) is 5.21. The molecule has 4 aromatic rings. The van der Waals surface area contributed by atoms with Crippen molar-refractivity contribution in [3.63, 3.8) is 0 Å². The molecule has 0 aliphatic heterocycles. The topological polar surface area (TPSA) is 54.7 Å². The van der Waals surface area contributed by atoms with Gasteiger partial charge in [-0.1, -0.05) is 18.2 Å². The summed E-state index contributed by atoms with van der Waals surface area (Å²) in [5.41, 5.74) is 4.60. The second-order valence-electron chi connectivity index (χ2n) is 6.52. The first-order valence-corrected chi connectivity index (χ1v) is 9.57. The minimum absolute atomic E-state index is 0.688. The van der Waals surface area contributed by atoms with Crippen LogP contribution in [0.1, 0.15) is 0 Å². The van der Waals surface area contributed by atoms with Gasteiger partial charge in [-0.25, -0.2) is 9.97 Å². The molecule has 2 heterocycles. The van der Waals surface area contributed by atoms with Crippen molar-refractivity contribution in [2.45, 2.75) is 0 Å². The Bertz CT molecular complexity index is 1140. The molecule has 0 fully saturated rings. The van der Waals surface area contributed by atoms with E-state index >= 15 is 0 Å². The van der Waals surface area contributed by atoms with Crippen LogP contribution in [0, 0.1) is 0 Å². The van der Waals surface area contributed by atoms with Gasteiger partial charge in [0, 0.05) is 43.4 Å². The molecule has 6 nitrogen and oxygen atoms in total. The summed E-state index contributed by atoms with van der Waals surface area (Å²) in [5.74, 6) is 1.48. The average molecular weight is 438 g/mol. The minimum Gasteiger partial charge on any atom is -0.497 e. The highest BCUT2D eigenvalue weighted by Gasteiger charge is 2.16. The molecule has 4 rings (SSSR count). The van der Waals surface area contributed by atoms with E-state index in [0.29, 0.717) is 5.82 Å². The fourth-order valence-corrected chi connectivity index (χ4v) is 3.59. The lowest BCUT2D eigenvalue weighted by Crippen LogP contribution is -2.08. The average Bonchev–Trinajstić information content (AvgIpc) is 3.06. The van der Waals surface area contributed by atoms with Crippen LogP contribution in [0.15, 0.2) is 65.5 Å². The predicted molar refractivity (Wildman–Crippen MR) is 117 cm³/mol. The lowest BCUT2D eigenvalue weighted by Gasteiger charge is -2.14. The van der Waals surface area contributed by atoms with Crippen LogP contribution >= 0.6 is 15.9 Å². The van der Waals surface area contributed by atoms with Crippen LogP contribution in [0.25, 0.3) is 16.9 Å². The van der Waals surface area contributed by atoms with Gasteiger partial charge in [0.05, 0.1) is 7.11 Å². The van der Waals surface area contributed by atoms with Crippen molar-refractivity contribution in [2.24, 2.45) is 0 Å². The number of benzene rings is 2. The molecular formula is C21H20BrN5O.